The van der Waals surface area contributed by atoms with Crippen LogP contribution in [0.2, 0.25) is 0 Å². The van der Waals surface area contributed by atoms with Crippen LogP contribution >= 0.6 is 12.2 Å². The smallest absolute Gasteiger partial charge is 0.189 e. The highest BCUT2D eigenvalue weighted by atomic mass is 32.1. The Balaban J connectivity index is 2.54. The van der Waals surface area contributed by atoms with Gasteiger partial charge in [0.15, 0.2) is 5.11 Å². The molecule has 0 amide bonds. The third-order valence-corrected chi connectivity index (χ3v) is 2.21. The molecular formula is C11H15N3S. The maximum absolute atomic E-state index is 5.09. The van der Waals surface area contributed by atoms with Crippen molar-refractivity contribution in [1.82, 2.24) is 10.3 Å². The van der Waals surface area contributed by atoms with Crippen LogP contribution in [0.15, 0.2) is 35.4 Å². The van der Waals surface area contributed by atoms with E-state index in [1.54, 1.807) is 11.2 Å². The van der Waals surface area contributed by atoms with Crippen molar-refractivity contribution in [2.24, 2.45) is 5.10 Å². The lowest BCUT2D eigenvalue weighted by molar-refractivity contribution is 0.535. The van der Waals surface area contributed by atoms with Crippen LogP contribution in [0.25, 0.3) is 0 Å². The minimum absolute atomic E-state index is 0.629. The van der Waals surface area contributed by atoms with Crippen molar-refractivity contribution < 1.29 is 0 Å². The minimum atomic E-state index is 0.629. The molecule has 0 spiro atoms. The number of nitrogens with one attached hydrogen (secondary N) is 1. The van der Waals surface area contributed by atoms with E-state index in [4.69, 9.17) is 12.2 Å². The number of nitrogens with zero attached hydrogens (tertiary/aromatic N) is 2. The maximum atomic E-state index is 5.09. The fourth-order valence-corrected chi connectivity index (χ4v) is 1.20. The predicted octanol–water partition coefficient (Wildman–Crippen LogP) is 1.85. The Labute approximate surface area is 95.8 Å². The lowest BCUT2D eigenvalue weighted by Gasteiger charge is -2.13. The zero-order valence-electron chi connectivity index (χ0n) is 8.97. The molecule has 0 unspecified atom stereocenters. The molecule has 0 saturated carbocycles. The van der Waals surface area contributed by atoms with Crippen LogP contribution in [0.5, 0.6) is 0 Å². The summed E-state index contributed by atoms with van der Waals surface area (Å²) in [5.41, 5.74) is 1.06. The highest BCUT2D eigenvalue weighted by Crippen LogP contribution is 1.95. The first kappa shape index (κ1) is 11.7. The summed E-state index contributed by atoms with van der Waals surface area (Å²) < 4.78 is 0. The Kier molecular flexibility index (Phi) is 4.77. The number of rotatable bonds is 3. The molecule has 0 saturated heterocycles. The van der Waals surface area contributed by atoms with E-state index in [1.807, 2.05) is 44.3 Å². The van der Waals surface area contributed by atoms with Gasteiger partial charge in [-0.1, -0.05) is 30.3 Å². The van der Waals surface area contributed by atoms with Gasteiger partial charge in [0.25, 0.3) is 0 Å². The first-order valence-corrected chi connectivity index (χ1v) is 5.25. The van der Waals surface area contributed by atoms with E-state index in [0.29, 0.717) is 5.11 Å². The molecule has 1 aromatic rings. The summed E-state index contributed by atoms with van der Waals surface area (Å²) >= 11 is 5.09. The second kappa shape index (κ2) is 6.14. The van der Waals surface area contributed by atoms with E-state index >= 15 is 0 Å². The van der Waals surface area contributed by atoms with Crippen molar-refractivity contribution in [3.8, 4) is 0 Å². The summed E-state index contributed by atoms with van der Waals surface area (Å²) in [7, 11) is 1.82. The van der Waals surface area contributed by atoms with Crippen LogP contribution in [0.3, 0.4) is 0 Å². The third-order valence-electron chi connectivity index (χ3n) is 1.80. The molecule has 1 aromatic carbocycles. The summed E-state index contributed by atoms with van der Waals surface area (Å²) in [5, 5.41) is 9.52. The molecule has 15 heavy (non-hydrogen) atoms. The lowest BCUT2D eigenvalue weighted by Crippen LogP contribution is -2.33. The molecule has 0 radical (unpaired) electrons. The topological polar surface area (TPSA) is 27.6 Å². The number of hydrogen-bond donors (Lipinski definition) is 1. The van der Waals surface area contributed by atoms with Gasteiger partial charge in [0, 0.05) is 13.6 Å². The van der Waals surface area contributed by atoms with Crippen molar-refractivity contribution in [3.63, 3.8) is 0 Å². The van der Waals surface area contributed by atoms with Crippen LogP contribution in [0.4, 0.5) is 0 Å². The van der Waals surface area contributed by atoms with Gasteiger partial charge in [-0.25, -0.2) is 5.01 Å². The van der Waals surface area contributed by atoms with Crippen LogP contribution in [0.1, 0.15) is 12.5 Å². The van der Waals surface area contributed by atoms with E-state index in [0.717, 1.165) is 12.1 Å². The first-order chi connectivity index (χ1) is 7.24. The number of hydrazone groups is 1. The van der Waals surface area contributed by atoms with E-state index in [-0.39, 0.29) is 0 Å². The van der Waals surface area contributed by atoms with Crippen LogP contribution in [0, 0.1) is 0 Å². The van der Waals surface area contributed by atoms with Crippen molar-refractivity contribution in [1.29, 1.82) is 0 Å². The van der Waals surface area contributed by atoms with Gasteiger partial charge in [-0.3, -0.25) is 0 Å². The number of thiocarbonyl (C=S) groups is 1. The van der Waals surface area contributed by atoms with E-state index in [2.05, 4.69) is 10.4 Å². The summed E-state index contributed by atoms with van der Waals surface area (Å²) in [5.74, 6) is 0. The first-order valence-electron chi connectivity index (χ1n) is 4.84. The van der Waals surface area contributed by atoms with E-state index in [9.17, 15) is 0 Å². The Morgan fingerprint density at radius 2 is 2.13 bits per heavy atom. The molecule has 0 aliphatic carbocycles. The van der Waals surface area contributed by atoms with Gasteiger partial charge in [0.2, 0.25) is 0 Å². The molecule has 1 N–H and O–H groups in total. The largest absolute Gasteiger partial charge is 0.361 e. The fourth-order valence-electron chi connectivity index (χ4n) is 1.01. The van der Waals surface area contributed by atoms with Gasteiger partial charge in [-0.15, -0.1) is 0 Å². The van der Waals surface area contributed by atoms with Crippen LogP contribution < -0.4 is 5.32 Å². The minimum Gasteiger partial charge on any atom is -0.361 e. The highest BCUT2D eigenvalue weighted by Gasteiger charge is 1.97. The Morgan fingerprint density at radius 1 is 1.47 bits per heavy atom. The summed E-state index contributed by atoms with van der Waals surface area (Å²) in [6, 6.07) is 9.92. The summed E-state index contributed by atoms with van der Waals surface area (Å²) in [6.07, 6.45) is 1.78. The molecular weight excluding hydrogens is 206 g/mol. The average molecular weight is 221 g/mol. The van der Waals surface area contributed by atoms with E-state index < -0.39 is 0 Å². The fraction of sp³-hybridized carbons (Fsp3) is 0.273. The SMILES string of the molecule is CCNC(=S)N(C)N=Cc1ccccc1. The Hall–Kier alpha value is -1.42. The molecule has 0 aliphatic rings. The zero-order valence-corrected chi connectivity index (χ0v) is 9.79. The molecule has 1 rings (SSSR count). The van der Waals surface area contributed by atoms with Gasteiger partial charge < -0.3 is 5.32 Å². The molecule has 4 heteroatoms. The zero-order chi connectivity index (χ0) is 11.1. The normalized spacial score (nSPS) is 10.3. The van der Waals surface area contributed by atoms with Crippen LogP contribution in [-0.2, 0) is 0 Å². The average Bonchev–Trinajstić information content (AvgIpc) is 2.27. The third kappa shape index (κ3) is 4.08. The molecule has 0 heterocycles. The van der Waals surface area contributed by atoms with Gasteiger partial charge in [0.1, 0.15) is 0 Å². The molecule has 0 aromatic heterocycles. The lowest BCUT2D eigenvalue weighted by atomic mass is 10.2. The molecule has 0 aliphatic heterocycles. The van der Waals surface area contributed by atoms with Gasteiger partial charge in [-0.2, -0.15) is 5.10 Å². The second-order valence-corrected chi connectivity index (χ2v) is 3.40. The maximum Gasteiger partial charge on any atom is 0.189 e. The Morgan fingerprint density at radius 3 is 2.73 bits per heavy atom. The van der Waals surface area contributed by atoms with Gasteiger partial charge >= 0.3 is 0 Å². The van der Waals surface area contributed by atoms with Crippen LogP contribution in [-0.4, -0.2) is 29.9 Å². The monoisotopic (exact) mass is 221 g/mol. The standard InChI is InChI=1S/C11H15N3S/c1-3-12-11(15)14(2)13-9-10-7-5-4-6-8-10/h4-9H,3H2,1-2H3,(H,12,15). The van der Waals surface area contributed by atoms with Crippen molar-refractivity contribution in [3.05, 3.63) is 35.9 Å². The number of hydrogen-bond acceptors (Lipinski definition) is 2. The highest BCUT2D eigenvalue weighted by molar-refractivity contribution is 7.80. The van der Waals surface area contributed by atoms with Crippen molar-refractivity contribution in [2.75, 3.05) is 13.6 Å². The quantitative estimate of drug-likeness (QED) is 0.479. The van der Waals surface area contributed by atoms with Crippen molar-refractivity contribution in [2.45, 2.75) is 6.92 Å². The predicted molar refractivity (Wildman–Crippen MR) is 68.1 cm³/mol. The summed E-state index contributed by atoms with van der Waals surface area (Å²) in [4.78, 5) is 0. The van der Waals surface area contributed by atoms with E-state index in [1.165, 1.54) is 0 Å². The van der Waals surface area contributed by atoms with Gasteiger partial charge in [-0.05, 0) is 24.7 Å². The molecule has 3 nitrogen and oxygen atoms in total. The van der Waals surface area contributed by atoms with Gasteiger partial charge in [0.05, 0.1) is 6.21 Å². The second-order valence-electron chi connectivity index (χ2n) is 3.01. The molecule has 80 valence electrons. The number of benzene rings is 1. The molecule has 0 bridgehead atoms. The Bertz CT molecular complexity index is 335. The summed E-state index contributed by atoms with van der Waals surface area (Å²) in [6.45, 7) is 2.81. The molecule has 0 fully saturated rings. The molecule has 0 atom stereocenters. The van der Waals surface area contributed by atoms with Crippen molar-refractivity contribution >= 4 is 23.5 Å².